The largest absolute Gasteiger partial charge is 0.497 e. The predicted octanol–water partition coefficient (Wildman–Crippen LogP) is 3.53. The van der Waals surface area contributed by atoms with E-state index in [-0.39, 0.29) is 18.3 Å². The van der Waals surface area contributed by atoms with Gasteiger partial charge in [0.05, 0.1) is 54.1 Å². The standard InChI is InChI=1S/C24H28N4O7S/c1-7-35-21(29)14-36-24-27-26-23(16-10-19(32-4)22(34-6)20(11-16)33-5)28(24)25-13-15-8-9-17(30-2)12-18(15)31-3/h8-13H,7,14H2,1-6H3/b25-13+. The summed E-state index contributed by atoms with van der Waals surface area (Å²) in [7, 11) is 7.73. The maximum Gasteiger partial charge on any atom is 0.316 e. The van der Waals surface area contributed by atoms with Crippen molar-refractivity contribution in [3.8, 4) is 40.1 Å². The smallest absolute Gasteiger partial charge is 0.316 e. The van der Waals surface area contributed by atoms with E-state index in [2.05, 4.69) is 15.3 Å². The quantitative estimate of drug-likeness (QED) is 0.201. The maximum absolute atomic E-state index is 12.0. The minimum Gasteiger partial charge on any atom is -0.497 e. The molecule has 0 aliphatic rings. The number of benzene rings is 2. The van der Waals surface area contributed by atoms with Gasteiger partial charge in [0.1, 0.15) is 11.5 Å². The molecule has 0 aliphatic heterocycles. The van der Waals surface area contributed by atoms with Gasteiger partial charge in [0.2, 0.25) is 10.9 Å². The monoisotopic (exact) mass is 516 g/mol. The van der Waals surface area contributed by atoms with Gasteiger partial charge in [-0.3, -0.25) is 4.79 Å². The Morgan fingerprint density at radius 2 is 1.64 bits per heavy atom. The van der Waals surface area contributed by atoms with Crippen LogP contribution in [0.4, 0.5) is 0 Å². The molecule has 1 aromatic heterocycles. The number of ether oxygens (including phenoxy) is 6. The van der Waals surface area contributed by atoms with Gasteiger partial charge in [-0.15, -0.1) is 10.2 Å². The molecule has 0 aliphatic carbocycles. The minimum atomic E-state index is -0.368. The number of nitrogens with zero attached hydrogens (tertiary/aromatic N) is 4. The fourth-order valence-electron chi connectivity index (χ4n) is 3.22. The van der Waals surface area contributed by atoms with E-state index in [0.29, 0.717) is 50.9 Å². The Morgan fingerprint density at radius 1 is 0.944 bits per heavy atom. The highest BCUT2D eigenvalue weighted by atomic mass is 32.2. The van der Waals surface area contributed by atoms with Gasteiger partial charge in [0.15, 0.2) is 17.3 Å². The number of esters is 1. The summed E-state index contributed by atoms with van der Waals surface area (Å²) in [4.78, 5) is 12.0. The summed E-state index contributed by atoms with van der Waals surface area (Å²) < 4.78 is 33.7. The zero-order valence-corrected chi connectivity index (χ0v) is 21.7. The molecule has 0 bridgehead atoms. The Labute approximate surface area is 213 Å². The number of hydrogen-bond donors (Lipinski definition) is 0. The van der Waals surface area contributed by atoms with Crippen LogP contribution in [0.1, 0.15) is 12.5 Å². The van der Waals surface area contributed by atoms with E-state index >= 15 is 0 Å². The van der Waals surface area contributed by atoms with Crippen LogP contribution in [0, 0.1) is 0 Å². The summed E-state index contributed by atoms with van der Waals surface area (Å²) >= 11 is 1.15. The topological polar surface area (TPSA) is 116 Å². The van der Waals surface area contributed by atoms with Gasteiger partial charge in [-0.25, -0.2) is 0 Å². The number of rotatable bonds is 12. The maximum atomic E-state index is 12.0. The molecule has 2 aromatic carbocycles. The zero-order chi connectivity index (χ0) is 26.1. The van der Waals surface area contributed by atoms with Crippen LogP contribution < -0.4 is 23.7 Å². The minimum absolute atomic E-state index is 0.0443. The first-order chi connectivity index (χ1) is 17.5. The molecule has 0 radical (unpaired) electrons. The molecule has 12 heteroatoms. The van der Waals surface area contributed by atoms with E-state index in [1.165, 1.54) is 26.0 Å². The van der Waals surface area contributed by atoms with Crippen LogP contribution in [0.2, 0.25) is 0 Å². The van der Waals surface area contributed by atoms with E-state index in [1.54, 1.807) is 51.6 Å². The van der Waals surface area contributed by atoms with Crippen molar-refractivity contribution in [2.75, 3.05) is 47.9 Å². The van der Waals surface area contributed by atoms with Gasteiger partial charge in [-0.1, -0.05) is 11.8 Å². The molecule has 0 spiro atoms. The van der Waals surface area contributed by atoms with Crippen molar-refractivity contribution in [2.24, 2.45) is 5.10 Å². The van der Waals surface area contributed by atoms with Crippen molar-refractivity contribution in [3.63, 3.8) is 0 Å². The van der Waals surface area contributed by atoms with Gasteiger partial charge in [-0.2, -0.15) is 9.78 Å². The third-order valence-corrected chi connectivity index (χ3v) is 5.81. The molecule has 36 heavy (non-hydrogen) atoms. The lowest BCUT2D eigenvalue weighted by molar-refractivity contribution is -0.139. The summed E-state index contributed by atoms with van der Waals surface area (Å²) in [5.74, 6) is 2.63. The molecule has 3 rings (SSSR count). The summed E-state index contributed by atoms with van der Waals surface area (Å²) in [6.07, 6.45) is 1.61. The van der Waals surface area contributed by atoms with E-state index in [4.69, 9.17) is 28.4 Å². The Hall–Kier alpha value is -3.93. The van der Waals surface area contributed by atoms with Crippen molar-refractivity contribution >= 4 is 23.9 Å². The van der Waals surface area contributed by atoms with E-state index in [9.17, 15) is 4.79 Å². The van der Waals surface area contributed by atoms with E-state index < -0.39 is 0 Å². The number of carbonyl (C=O) groups excluding carboxylic acids is 1. The van der Waals surface area contributed by atoms with Gasteiger partial charge in [0, 0.05) is 17.2 Å². The zero-order valence-electron chi connectivity index (χ0n) is 20.9. The summed E-state index contributed by atoms with van der Waals surface area (Å²) in [6.45, 7) is 2.04. The number of thioether (sulfide) groups is 1. The molecule has 192 valence electrons. The average Bonchev–Trinajstić information content (AvgIpc) is 3.32. The SMILES string of the molecule is CCOC(=O)CSc1nnc(-c2cc(OC)c(OC)c(OC)c2)n1/N=C/c1ccc(OC)cc1OC. The normalized spacial score (nSPS) is 10.8. The Bertz CT molecular complexity index is 1200. The van der Waals surface area contributed by atoms with E-state index in [1.807, 2.05) is 6.07 Å². The average molecular weight is 517 g/mol. The number of carbonyl (C=O) groups is 1. The van der Waals surface area contributed by atoms with Crippen LogP contribution in [-0.4, -0.2) is 75.0 Å². The van der Waals surface area contributed by atoms with Crippen molar-refractivity contribution in [3.05, 3.63) is 35.9 Å². The van der Waals surface area contributed by atoms with Crippen molar-refractivity contribution in [1.29, 1.82) is 0 Å². The first-order valence-electron chi connectivity index (χ1n) is 10.8. The summed E-state index contributed by atoms with van der Waals surface area (Å²) in [5.41, 5.74) is 1.31. The molecule has 3 aromatic rings. The van der Waals surface area contributed by atoms with Crippen LogP contribution >= 0.6 is 11.8 Å². The second kappa shape index (κ2) is 12.7. The molecule has 0 unspecified atom stereocenters. The third-order valence-electron chi connectivity index (χ3n) is 4.91. The Morgan fingerprint density at radius 3 is 2.22 bits per heavy atom. The lowest BCUT2D eigenvalue weighted by Gasteiger charge is -2.14. The summed E-state index contributed by atoms with van der Waals surface area (Å²) in [6, 6.07) is 8.85. The number of hydrogen-bond acceptors (Lipinski definition) is 11. The molecule has 11 nitrogen and oxygen atoms in total. The van der Waals surface area contributed by atoms with Gasteiger partial charge in [-0.05, 0) is 31.2 Å². The second-order valence-corrected chi connectivity index (χ2v) is 7.92. The Balaban J connectivity index is 2.10. The van der Waals surface area contributed by atoms with Crippen LogP contribution in [-0.2, 0) is 9.53 Å². The van der Waals surface area contributed by atoms with Gasteiger partial charge in [0.25, 0.3) is 0 Å². The first kappa shape index (κ1) is 26.7. The van der Waals surface area contributed by atoms with Crippen molar-refractivity contribution < 1.29 is 33.2 Å². The highest BCUT2D eigenvalue weighted by Gasteiger charge is 2.20. The van der Waals surface area contributed by atoms with Gasteiger partial charge >= 0.3 is 5.97 Å². The fourth-order valence-corrected chi connectivity index (χ4v) is 3.91. The van der Waals surface area contributed by atoms with Crippen molar-refractivity contribution in [1.82, 2.24) is 14.9 Å². The van der Waals surface area contributed by atoms with Crippen LogP contribution in [0.25, 0.3) is 11.4 Å². The lowest BCUT2D eigenvalue weighted by atomic mass is 10.1. The van der Waals surface area contributed by atoms with Crippen molar-refractivity contribution in [2.45, 2.75) is 12.1 Å². The molecule has 0 saturated heterocycles. The molecule has 0 saturated carbocycles. The highest BCUT2D eigenvalue weighted by Crippen LogP contribution is 2.41. The van der Waals surface area contributed by atoms with Gasteiger partial charge < -0.3 is 28.4 Å². The van der Waals surface area contributed by atoms with Crippen LogP contribution in [0.3, 0.4) is 0 Å². The van der Waals surface area contributed by atoms with E-state index in [0.717, 1.165) is 11.8 Å². The first-order valence-corrected chi connectivity index (χ1v) is 11.8. The third kappa shape index (κ3) is 6.00. The second-order valence-electron chi connectivity index (χ2n) is 6.98. The van der Waals surface area contributed by atoms with Crippen LogP contribution in [0.15, 0.2) is 40.6 Å². The highest BCUT2D eigenvalue weighted by molar-refractivity contribution is 7.99. The molecule has 1 heterocycles. The summed E-state index contributed by atoms with van der Waals surface area (Å²) in [5, 5.41) is 13.6. The fraction of sp³-hybridized carbons (Fsp3) is 0.333. The predicted molar refractivity (Wildman–Crippen MR) is 135 cm³/mol. The van der Waals surface area contributed by atoms with Crippen LogP contribution in [0.5, 0.6) is 28.7 Å². The lowest BCUT2D eigenvalue weighted by Crippen LogP contribution is -2.07. The molecule has 0 amide bonds. The number of methoxy groups -OCH3 is 5. The molecule has 0 N–H and O–H groups in total. The molecular formula is C24H28N4O7S. The molecule has 0 fully saturated rings. The number of aromatic nitrogens is 3. The Kier molecular flexibility index (Phi) is 9.39. The molecule has 0 atom stereocenters. The molecular weight excluding hydrogens is 488 g/mol.